The zero-order valence-corrected chi connectivity index (χ0v) is 18.6. The minimum atomic E-state index is -2.78. The molecular formula is C23H29NO4Si. The van der Waals surface area contributed by atoms with Gasteiger partial charge in [0.15, 0.2) is 6.23 Å². The van der Waals surface area contributed by atoms with Gasteiger partial charge in [0.25, 0.3) is 8.32 Å². The van der Waals surface area contributed by atoms with E-state index < -0.39 is 32.5 Å². The molecule has 0 spiro atoms. The van der Waals surface area contributed by atoms with E-state index in [1.807, 2.05) is 43.3 Å². The summed E-state index contributed by atoms with van der Waals surface area (Å²) in [6.07, 6.45) is -1.06. The van der Waals surface area contributed by atoms with E-state index in [4.69, 9.17) is 9.16 Å². The molecule has 2 aromatic rings. The Hall–Kier alpha value is -2.44. The number of amides is 1. The summed E-state index contributed by atoms with van der Waals surface area (Å²) in [5.41, 5.74) is 0. The van der Waals surface area contributed by atoms with Gasteiger partial charge in [-0.2, -0.15) is 0 Å². The number of esters is 1. The van der Waals surface area contributed by atoms with E-state index in [2.05, 4.69) is 50.4 Å². The van der Waals surface area contributed by atoms with Crippen molar-refractivity contribution in [2.24, 2.45) is 5.92 Å². The van der Waals surface area contributed by atoms with Crippen LogP contribution < -0.4 is 15.7 Å². The number of carbonyl (C=O) groups excluding carboxylic acids is 2. The molecule has 3 atom stereocenters. The predicted molar refractivity (Wildman–Crippen MR) is 115 cm³/mol. The van der Waals surface area contributed by atoms with Crippen LogP contribution in [0.4, 0.5) is 0 Å². The highest BCUT2D eigenvalue weighted by Crippen LogP contribution is 2.39. The second-order valence-electron chi connectivity index (χ2n) is 8.55. The van der Waals surface area contributed by atoms with Gasteiger partial charge in [0.2, 0.25) is 5.91 Å². The normalized spacial score (nSPS) is 20.4. The van der Waals surface area contributed by atoms with Crippen LogP contribution in [0.1, 0.15) is 34.6 Å². The molecule has 0 aliphatic carbocycles. The maximum absolute atomic E-state index is 12.3. The first-order valence-electron chi connectivity index (χ1n) is 9.93. The van der Waals surface area contributed by atoms with Crippen LogP contribution in [0.3, 0.4) is 0 Å². The lowest BCUT2D eigenvalue weighted by atomic mass is 9.93. The molecule has 1 fully saturated rings. The van der Waals surface area contributed by atoms with Gasteiger partial charge in [0.1, 0.15) is 5.92 Å². The molecule has 6 heteroatoms. The van der Waals surface area contributed by atoms with Gasteiger partial charge in [0.05, 0.1) is 6.10 Å². The van der Waals surface area contributed by atoms with Crippen molar-refractivity contribution in [3.8, 4) is 0 Å². The maximum Gasteiger partial charge on any atom is 0.304 e. The summed E-state index contributed by atoms with van der Waals surface area (Å²) in [6, 6.07) is 20.5. The molecule has 1 heterocycles. The summed E-state index contributed by atoms with van der Waals surface area (Å²) in [5, 5.41) is 4.76. The number of β-lactam (4-membered cyclic amide) rings is 1. The Morgan fingerprint density at radius 3 is 1.86 bits per heavy atom. The fraction of sp³-hybridized carbons (Fsp3) is 0.391. The molecule has 1 aliphatic heterocycles. The molecular weight excluding hydrogens is 382 g/mol. The van der Waals surface area contributed by atoms with Crippen molar-refractivity contribution in [1.29, 1.82) is 0 Å². The molecule has 1 aliphatic rings. The fourth-order valence-electron chi connectivity index (χ4n) is 4.15. The molecule has 1 amide bonds. The Balaban J connectivity index is 2.06. The first-order chi connectivity index (χ1) is 13.7. The molecule has 1 saturated heterocycles. The molecule has 0 aromatic heterocycles. The summed E-state index contributed by atoms with van der Waals surface area (Å²) in [5.74, 6) is -1.10. The van der Waals surface area contributed by atoms with Crippen LogP contribution in [-0.2, 0) is 18.8 Å². The average Bonchev–Trinajstić information content (AvgIpc) is 2.65. The minimum absolute atomic E-state index is 0.151. The molecule has 0 radical (unpaired) electrons. The quantitative estimate of drug-likeness (QED) is 0.451. The van der Waals surface area contributed by atoms with Crippen molar-refractivity contribution < 1.29 is 18.8 Å². The van der Waals surface area contributed by atoms with Crippen LogP contribution in [0.15, 0.2) is 60.7 Å². The molecule has 154 valence electrons. The van der Waals surface area contributed by atoms with Crippen molar-refractivity contribution in [3.05, 3.63) is 60.7 Å². The lowest BCUT2D eigenvalue weighted by Gasteiger charge is -2.48. The minimum Gasteiger partial charge on any atom is -0.441 e. The van der Waals surface area contributed by atoms with E-state index in [0.717, 1.165) is 10.4 Å². The summed E-state index contributed by atoms with van der Waals surface area (Å²) in [6.45, 7) is 9.82. The van der Waals surface area contributed by atoms with E-state index in [-0.39, 0.29) is 10.9 Å². The largest absolute Gasteiger partial charge is 0.441 e. The molecule has 0 saturated carbocycles. The highest BCUT2D eigenvalue weighted by Gasteiger charge is 2.54. The highest BCUT2D eigenvalue weighted by molar-refractivity contribution is 6.99. The number of rotatable bonds is 6. The number of carbonyl (C=O) groups is 2. The molecule has 3 unspecified atom stereocenters. The SMILES string of the molecule is CC(=O)OC1NC(=O)C1C(C)O[Si](c1ccccc1)(c1ccccc1)C(C)(C)C. The zero-order chi connectivity index (χ0) is 21.2. The molecule has 29 heavy (non-hydrogen) atoms. The van der Waals surface area contributed by atoms with Crippen LogP contribution >= 0.6 is 0 Å². The lowest BCUT2D eigenvalue weighted by Crippen LogP contribution is -2.71. The second-order valence-corrected chi connectivity index (χ2v) is 12.8. The van der Waals surface area contributed by atoms with Gasteiger partial charge in [-0.1, -0.05) is 81.4 Å². The topological polar surface area (TPSA) is 64.6 Å². The maximum atomic E-state index is 12.3. The molecule has 5 nitrogen and oxygen atoms in total. The van der Waals surface area contributed by atoms with Gasteiger partial charge in [-0.25, -0.2) is 0 Å². The van der Waals surface area contributed by atoms with Crippen LogP contribution in [0.2, 0.25) is 5.04 Å². The Morgan fingerprint density at radius 1 is 1.00 bits per heavy atom. The zero-order valence-electron chi connectivity index (χ0n) is 17.6. The van der Waals surface area contributed by atoms with Crippen LogP contribution in [0.25, 0.3) is 0 Å². The van der Waals surface area contributed by atoms with E-state index in [1.54, 1.807) is 0 Å². The standard InChI is InChI=1S/C23H29NO4Si/c1-16(20-21(26)24-22(20)27-17(2)25)28-29(23(3,4)5,18-12-8-6-9-13-18)19-14-10-7-11-15-19/h6-16,20,22H,1-5H3,(H,24,26). The van der Waals surface area contributed by atoms with E-state index >= 15 is 0 Å². The molecule has 0 bridgehead atoms. The fourth-order valence-corrected chi connectivity index (χ4v) is 8.87. The summed E-state index contributed by atoms with van der Waals surface area (Å²) in [4.78, 5) is 23.7. The van der Waals surface area contributed by atoms with Gasteiger partial charge >= 0.3 is 5.97 Å². The number of hydrogen-bond donors (Lipinski definition) is 1. The highest BCUT2D eigenvalue weighted by atomic mass is 28.4. The third-order valence-corrected chi connectivity index (χ3v) is 10.6. The van der Waals surface area contributed by atoms with Crippen LogP contribution in [0.5, 0.6) is 0 Å². The van der Waals surface area contributed by atoms with Crippen molar-refractivity contribution >= 4 is 30.6 Å². The molecule has 3 rings (SSSR count). The number of ether oxygens (including phenoxy) is 1. The van der Waals surface area contributed by atoms with E-state index in [9.17, 15) is 9.59 Å². The number of benzene rings is 2. The summed E-state index contributed by atoms with van der Waals surface area (Å²) in [7, 11) is -2.78. The van der Waals surface area contributed by atoms with Gasteiger partial charge < -0.3 is 14.5 Å². The van der Waals surface area contributed by atoms with Crippen molar-refractivity contribution in [2.45, 2.75) is 52.0 Å². The second kappa shape index (κ2) is 8.12. The number of nitrogens with one attached hydrogen (secondary N) is 1. The van der Waals surface area contributed by atoms with Gasteiger partial charge in [0, 0.05) is 6.92 Å². The van der Waals surface area contributed by atoms with Crippen molar-refractivity contribution in [2.75, 3.05) is 0 Å². The Kier molecular flexibility index (Phi) is 5.96. The number of hydrogen-bond acceptors (Lipinski definition) is 4. The van der Waals surface area contributed by atoms with Gasteiger partial charge in [-0.3, -0.25) is 9.59 Å². The lowest BCUT2D eigenvalue weighted by molar-refractivity contribution is -0.172. The smallest absolute Gasteiger partial charge is 0.304 e. The van der Waals surface area contributed by atoms with Crippen molar-refractivity contribution in [3.63, 3.8) is 0 Å². The predicted octanol–water partition coefficient (Wildman–Crippen LogP) is 2.59. The van der Waals surface area contributed by atoms with E-state index in [0.29, 0.717) is 0 Å². The van der Waals surface area contributed by atoms with Crippen molar-refractivity contribution in [1.82, 2.24) is 5.32 Å². The average molecular weight is 412 g/mol. The third kappa shape index (κ3) is 4.00. The third-order valence-electron chi connectivity index (χ3n) is 5.49. The Bertz CT molecular complexity index is 824. The van der Waals surface area contributed by atoms with Gasteiger partial charge in [-0.15, -0.1) is 0 Å². The first kappa shape index (κ1) is 21.3. The molecule has 2 aromatic carbocycles. The van der Waals surface area contributed by atoms with Gasteiger partial charge in [-0.05, 0) is 22.3 Å². The van der Waals surface area contributed by atoms with Crippen LogP contribution in [0, 0.1) is 5.92 Å². The Labute approximate surface area is 173 Å². The van der Waals surface area contributed by atoms with E-state index in [1.165, 1.54) is 6.92 Å². The summed E-state index contributed by atoms with van der Waals surface area (Å²) < 4.78 is 12.2. The first-order valence-corrected chi connectivity index (χ1v) is 11.8. The monoisotopic (exact) mass is 411 g/mol. The Morgan fingerprint density at radius 2 is 1.48 bits per heavy atom. The molecule has 1 N–H and O–H groups in total. The summed E-state index contributed by atoms with van der Waals surface area (Å²) >= 11 is 0. The van der Waals surface area contributed by atoms with Crippen LogP contribution in [-0.4, -0.2) is 32.5 Å².